The van der Waals surface area contributed by atoms with Gasteiger partial charge >= 0.3 is 0 Å². The van der Waals surface area contributed by atoms with Crippen molar-refractivity contribution in [2.75, 3.05) is 34.5 Å². The molecule has 0 aromatic heterocycles. The highest BCUT2D eigenvalue weighted by Gasteiger charge is 2.30. The van der Waals surface area contributed by atoms with Crippen molar-refractivity contribution in [2.45, 2.75) is 31.8 Å². The van der Waals surface area contributed by atoms with Crippen LogP contribution in [0.4, 0.5) is 0 Å². The molecule has 0 saturated heterocycles. The van der Waals surface area contributed by atoms with Crippen molar-refractivity contribution in [1.82, 2.24) is 10.2 Å². The van der Waals surface area contributed by atoms with Gasteiger partial charge in [-0.25, -0.2) is 0 Å². The van der Waals surface area contributed by atoms with Crippen molar-refractivity contribution in [3.8, 4) is 11.5 Å². The molecule has 37 heavy (non-hydrogen) atoms. The Morgan fingerprint density at radius 2 is 1.46 bits per heavy atom. The number of methoxy groups -OCH3 is 3. The van der Waals surface area contributed by atoms with E-state index >= 15 is 0 Å². The van der Waals surface area contributed by atoms with Gasteiger partial charge < -0.3 is 24.4 Å². The minimum atomic E-state index is -0.683. The first kappa shape index (κ1) is 27.7. The van der Waals surface area contributed by atoms with Crippen LogP contribution in [0.1, 0.15) is 23.1 Å². The van der Waals surface area contributed by atoms with Crippen molar-refractivity contribution < 1.29 is 23.8 Å². The number of rotatable bonds is 14. The van der Waals surface area contributed by atoms with Gasteiger partial charge in [-0.3, -0.25) is 9.59 Å². The van der Waals surface area contributed by atoms with E-state index in [4.69, 9.17) is 14.2 Å². The topological polar surface area (TPSA) is 77.1 Å². The average molecular weight is 505 g/mol. The molecule has 196 valence electrons. The first-order valence-electron chi connectivity index (χ1n) is 12.4. The van der Waals surface area contributed by atoms with Gasteiger partial charge in [0.15, 0.2) is 11.5 Å². The molecule has 0 fully saturated rings. The van der Waals surface area contributed by atoms with Crippen LogP contribution in [0.5, 0.6) is 11.5 Å². The molecule has 3 aromatic carbocycles. The summed E-state index contributed by atoms with van der Waals surface area (Å²) in [4.78, 5) is 29.0. The maximum Gasteiger partial charge on any atom is 0.243 e. The van der Waals surface area contributed by atoms with E-state index in [1.807, 2.05) is 66.7 Å². The minimum Gasteiger partial charge on any atom is -0.493 e. The van der Waals surface area contributed by atoms with Crippen molar-refractivity contribution in [3.63, 3.8) is 0 Å². The quantitative estimate of drug-likeness (QED) is 0.336. The monoisotopic (exact) mass is 504 g/mol. The van der Waals surface area contributed by atoms with Crippen LogP contribution in [0.15, 0.2) is 78.9 Å². The highest BCUT2D eigenvalue weighted by molar-refractivity contribution is 5.88. The Balaban J connectivity index is 1.92. The molecule has 7 nitrogen and oxygen atoms in total. The van der Waals surface area contributed by atoms with E-state index < -0.39 is 6.04 Å². The number of ether oxygens (including phenoxy) is 3. The Bertz CT molecular complexity index is 1120. The molecule has 0 aliphatic heterocycles. The first-order chi connectivity index (χ1) is 18.0. The third-order valence-corrected chi connectivity index (χ3v) is 6.09. The summed E-state index contributed by atoms with van der Waals surface area (Å²) in [6, 6.07) is 24.3. The summed E-state index contributed by atoms with van der Waals surface area (Å²) < 4.78 is 15.9. The van der Waals surface area contributed by atoms with Crippen LogP contribution in [0.2, 0.25) is 0 Å². The molecule has 1 unspecified atom stereocenters. The number of nitrogens with one attached hydrogen (secondary N) is 1. The standard InChI is InChI=1S/C30H36N2O5/c1-35-18-10-17-31-30(34)26(19-23-11-6-4-7-12-23)32(22-24-13-8-5-9-14-24)29(33)21-25-15-16-27(36-2)28(20-25)37-3/h4-9,11-16,20,26H,10,17-19,21-22H2,1-3H3,(H,31,34). The van der Waals surface area contributed by atoms with Gasteiger partial charge in [0.05, 0.1) is 20.6 Å². The number of hydrogen-bond donors (Lipinski definition) is 1. The molecule has 7 heteroatoms. The van der Waals surface area contributed by atoms with E-state index in [0.29, 0.717) is 44.0 Å². The summed E-state index contributed by atoms with van der Waals surface area (Å²) in [5.41, 5.74) is 2.71. The van der Waals surface area contributed by atoms with E-state index in [-0.39, 0.29) is 18.2 Å². The summed E-state index contributed by atoms with van der Waals surface area (Å²) in [5.74, 6) is 0.817. The molecular formula is C30H36N2O5. The molecule has 0 heterocycles. The molecule has 0 aliphatic rings. The Morgan fingerprint density at radius 3 is 2.08 bits per heavy atom. The summed E-state index contributed by atoms with van der Waals surface area (Å²) in [7, 11) is 4.77. The third-order valence-electron chi connectivity index (χ3n) is 6.09. The lowest BCUT2D eigenvalue weighted by molar-refractivity contribution is -0.140. The molecule has 0 saturated carbocycles. The lowest BCUT2D eigenvalue weighted by Crippen LogP contribution is -2.51. The highest BCUT2D eigenvalue weighted by Crippen LogP contribution is 2.28. The summed E-state index contributed by atoms with van der Waals surface area (Å²) in [6.07, 6.45) is 1.22. The van der Waals surface area contributed by atoms with E-state index in [0.717, 1.165) is 16.7 Å². The summed E-state index contributed by atoms with van der Waals surface area (Å²) in [6.45, 7) is 1.34. The fraction of sp³-hybridized carbons (Fsp3) is 0.333. The molecule has 0 spiro atoms. The van der Waals surface area contributed by atoms with Crippen LogP contribution in [-0.4, -0.2) is 57.2 Å². The molecule has 2 amide bonds. The van der Waals surface area contributed by atoms with Crippen LogP contribution >= 0.6 is 0 Å². The average Bonchev–Trinajstić information content (AvgIpc) is 2.93. The Morgan fingerprint density at radius 1 is 0.811 bits per heavy atom. The number of benzene rings is 3. The van der Waals surface area contributed by atoms with Crippen LogP contribution in [0, 0.1) is 0 Å². The van der Waals surface area contributed by atoms with Crippen LogP contribution in [0.3, 0.4) is 0 Å². The number of amides is 2. The van der Waals surface area contributed by atoms with Gasteiger partial charge in [0.1, 0.15) is 6.04 Å². The number of hydrogen-bond acceptors (Lipinski definition) is 5. The first-order valence-corrected chi connectivity index (χ1v) is 12.4. The van der Waals surface area contributed by atoms with E-state index in [2.05, 4.69) is 5.32 Å². The number of carbonyl (C=O) groups is 2. The second-order valence-electron chi connectivity index (χ2n) is 8.72. The lowest BCUT2D eigenvalue weighted by Gasteiger charge is -2.32. The van der Waals surface area contributed by atoms with Crippen LogP contribution in [-0.2, 0) is 33.7 Å². The molecule has 0 radical (unpaired) electrons. The maximum atomic E-state index is 13.8. The SMILES string of the molecule is COCCCNC(=O)C(Cc1ccccc1)N(Cc1ccccc1)C(=O)Cc1ccc(OC)c(OC)c1. The van der Waals surface area contributed by atoms with Gasteiger partial charge in [-0.2, -0.15) is 0 Å². The second-order valence-corrected chi connectivity index (χ2v) is 8.72. The minimum absolute atomic E-state index is 0.120. The van der Waals surface area contributed by atoms with Gasteiger partial charge in [-0.15, -0.1) is 0 Å². The molecular weight excluding hydrogens is 468 g/mol. The normalized spacial score (nSPS) is 11.4. The van der Waals surface area contributed by atoms with Crippen LogP contribution in [0.25, 0.3) is 0 Å². The summed E-state index contributed by atoms with van der Waals surface area (Å²) >= 11 is 0. The Hall–Kier alpha value is -3.84. The zero-order chi connectivity index (χ0) is 26.5. The van der Waals surface area contributed by atoms with Gasteiger partial charge in [-0.1, -0.05) is 66.7 Å². The third kappa shape index (κ3) is 8.36. The number of nitrogens with zero attached hydrogens (tertiary/aromatic N) is 1. The fourth-order valence-electron chi connectivity index (χ4n) is 4.15. The van der Waals surface area contributed by atoms with E-state index in [1.54, 1.807) is 38.4 Å². The highest BCUT2D eigenvalue weighted by atomic mass is 16.5. The lowest BCUT2D eigenvalue weighted by atomic mass is 10.0. The maximum absolute atomic E-state index is 13.8. The molecule has 0 aliphatic carbocycles. The predicted molar refractivity (Wildman–Crippen MR) is 144 cm³/mol. The molecule has 1 N–H and O–H groups in total. The smallest absolute Gasteiger partial charge is 0.243 e. The van der Waals surface area contributed by atoms with E-state index in [9.17, 15) is 9.59 Å². The predicted octanol–water partition coefficient (Wildman–Crippen LogP) is 4.04. The van der Waals surface area contributed by atoms with Gasteiger partial charge in [0, 0.05) is 33.2 Å². The molecule has 3 rings (SSSR count). The van der Waals surface area contributed by atoms with Gasteiger partial charge in [0.25, 0.3) is 0 Å². The van der Waals surface area contributed by atoms with E-state index in [1.165, 1.54) is 0 Å². The van der Waals surface area contributed by atoms with Gasteiger partial charge in [-0.05, 0) is 35.2 Å². The Kier molecular flexibility index (Phi) is 11.0. The second kappa shape index (κ2) is 14.7. The van der Waals surface area contributed by atoms with Crippen molar-refractivity contribution in [2.24, 2.45) is 0 Å². The Labute approximate surface area is 219 Å². The number of carbonyl (C=O) groups excluding carboxylic acids is 2. The zero-order valence-corrected chi connectivity index (χ0v) is 21.8. The molecule has 1 atom stereocenters. The molecule has 3 aromatic rings. The molecule has 0 bridgehead atoms. The fourth-order valence-corrected chi connectivity index (χ4v) is 4.15. The van der Waals surface area contributed by atoms with Gasteiger partial charge in [0.2, 0.25) is 11.8 Å². The van der Waals surface area contributed by atoms with Crippen LogP contribution < -0.4 is 14.8 Å². The largest absolute Gasteiger partial charge is 0.493 e. The van der Waals surface area contributed by atoms with Crippen molar-refractivity contribution in [1.29, 1.82) is 0 Å². The zero-order valence-electron chi connectivity index (χ0n) is 21.8. The summed E-state index contributed by atoms with van der Waals surface area (Å²) in [5, 5.41) is 3.01. The van der Waals surface area contributed by atoms with Crippen molar-refractivity contribution >= 4 is 11.8 Å². The van der Waals surface area contributed by atoms with Crippen molar-refractivity contribution in [3.05, 3.63) is 95.6 Å².